The smallest absolute Gasteiger partial charge is 0.357 e. The molecule has 0 aromatic carbocycles. The summed E-state index contributed by atoms with van der Waals surface area (Å²) in [6.07, 6.45) is 4.22. The molecule has 0 bridgehead atoms. The lowest BCUT2D eigenvalue weighted by Crippen LogP contribution is -2.28. The number of rotatable bonds is 2. The standard InChI is InChI=1S/C15H16N4O2/c1-9-3-5-16-7-10(9)14-18-12-4-6-17-8-11(12)13(19-14)15(20)21-2/h3,5,7,17H,4,6,8H2,1-2H3. The van der Waals surface area contributed by atoms with Crippen molar-refractivity contribution in [3.63, 3.8) is 0 Å². The van der Waals surface area contributed by atoms with Gasteiger partial charge in [-0.25, -0.2) is 14.8 Å². The molecule has 3 rings (SSSR count). The Hall–Kier alpha value is -2.34. The number of ether oxygens (including phenoxy) is 1. The maximum Gasteiger partial charge on any atom is 0.357 e. The van der Waals surface area contributed by atoms with Crippen molar-refractivity contribution in [2.24, 2.45) is 0 Å². The number of esters is 1. The highest BCUT2D eigenvalue weighted by molar-refractivity contribution is 5.89. The quantitative estimate of drug-likeness (QED) is 0.837. The summed E-state index contributed by atoms with van der Waals surface area (Å²) >= 11 is 0. The Labute approximate surface area is 122 Å². The molecule has 2 aromatic heterocycles. The second-order valence-corrected chi connectivity index (χ2v) is 4.93. The maximum absolute atomic E-state index is 12.0. The number of fused-ring (bicyclic) bond motifs is 1. The van der Waals surface area contributed by atoms with Crippen molar-refractivity contribution in [2.45, 2.75) is 19.9 Å². The Morgan fingerprint density at radius 1 is 1.38 bits per heavy atom. The number of hydrogen-bond donors (Lipinski definition) is 1. The van der Waals surface area contributed by atoms with E-state index in [4.69, 9.17) is 4.74 Å². The van der Waals surface area contributed by atoms with Gasteiger partial charge >= 0.3 is 5.97 Å². The van der Waals surface area contributed by atoms with Gasteiger partial charge in [-0.3, -0.25) is 4.98 Å². The van der Waals surface area contributed by atoms with Crippen molar-refractivity contribution in [1.29, 1.82) is 0 Å². The molecule has 21 heavy (non-hydrogen) atoms. The first-order valence-electron chi connectivity index (χ1n) is 6.80. The van der Waals surface area contributed by atoms with Crippen LogP contribution in [0.1, 0.15) is 27.3 Å². The van der Waals surface area contributed by atoms with Gasteiger partial charge in [0.15, 0.2) is 11.5 Å². The number of carbonyl (C=O) groups is 1. The Balaban J connectivity index is 2.19. The van der Waals surface area contributed by atoms with E-state index in [1.54, 1.807) is 12.4 Å². The third kappa shape index (κ3) is 2.50. The fraction of sp³-hybridized carbons (Fsp3) is 0.333. The molecule has 108 valence electrons. The van der Waals surface area contributed by atoms with Crippen molar-refractivity contribution < 1.29 is 9.53 Å². The zero-order valence-electron chi connectivity index (χ0n) is 12.0. The summed E-state index contributed by atoms with van der Waals surface area (Å²) in [5.74, 6) is 0.0989. The highest BCUT2D eigenvalue weighted by Gasteiger charge is 2.23. The van der Waals surface area contributed by atoms with Gasteiger partial charge in [-0.2, -0.15) is 0 Å². The SMILES string of the molecule is COC(=O)c1nc(-c2cnccc2C)nc2c1CNCC2. The first-order chi connectivity index (χ1) is 10.2. The average Bonchev–Trinajstić information content (AvgIpc) is 2.53. The van der Waals surface area contributed by atoms with Crippen LogP contribution in [0.5, 0.6) is 0 Å². The molecule has 1 aliphatic rings. The number of carbonyl (C=O) groups excluding carboxylic acids is 1. The number of hydrogen-bond acceptors (Lipinski definition) is 6. The largest absolute Gasteiger partial charge is 0.464 e. The number of nitrogens with one attached hydrogen (secondary N) is 1. The molecule has 0 aliphatic carbocycles. The van der Waals surface area contributed by atoms with Crippen LogP contribution in [-0.4, -0.2) is 34.6 Å². The van der Waals surface area contributed by atoms with Gasteiger partial charge in [-0.05, 0) is 18.6 Å². The van der Waals surface area contributed by atoms with E-state index in [1.807, 2.05) is 13.0 Å². The van der Waals surface area contributed by atoms with Crippen LogP contribution in [0.25, 0.3) is 11.4 Å². The van der Waals surface area contributed by atoms with E-state index in [0.717, 1.165) is 35.3 Å². The fourth-order valence-corrected chi connectivity index (χ4v) is 2.43. The van der Waals surface area contributed by atoms with Crippen LogP contribution in [-0.2, 0) is 17.7 Å². The van der Waals surface area contributed by atoms with Crippen LogP contribution in [0.2, 0.25) is 0 Å². The summed E-state index contributed by atoms with van der Waals surface area (Å²) in [6.45, 7) is 3.40. The molecule has 2 aromatic rings. The van der Waals surface area contributed by atoms with E-state index in [1.165, 1.54) is 7.11 Å². The predicted molar refractivity (Wildman–Crippen MR) is 76.8 cm³/mol. The van der Waals surface area contributed by atoms with Crippen molar-refractivity contribution >= 4 is 5.97 Å². The van der Waals surface area contributed by atoms with Gasteiger partial charge in [-0.15, -0.1) is 0 Å². The molecule has 0 saturated carbocycles. The summed E-state index contributed by atoms with van der Waals surface area (Å²) in [5.41, 5.74) is 3.94. The van der Waals surface area contributed by atoms with Crippen LogP contribution in [0, 0.1) is 6.92 Å². The summed E-state index contributed by atoms with van der Waals surface area (Å²) in [7, 11) is 1.36. The van der Waals surface area contributed by atoms with E-state index in [2.05, 4.69) is 20.3 Å². The topological polar surface area (TPSA) is 77.0 Å². The predicted octanol–water partition coefficient (Wildman–Crippen LogP) is 1.28. The van der Waals surface area contributed by atoms with Gasteiger partial charge in [0, 0.05) is 43.0 Å². The van der Waals surface area contributed by atoms with Gasteiger partial charge in [0.05, 0.1) is 12.8 Å². The van der Waals surface area contributed by atoms with Crippen LogP contribution >= 0.6 is 0 Å². The molecule has 6 heteroatoms. The summed E-state index contributed by atoms with van der Waals surface area (Å²) in [4.78, 5) is 25.2. The van der Waals surface area contributed by atoms with Gasteiger partial charge in [0.1, 0.15) is 0 Å². The van der Waals surface area contributed by atoms with Gasteiger partial charge in [-0.1, -0.05) is 0 Å². The third-order valence-electron chi connectivity index (χ3n) is 3.59. The van der Waals surface area contributed by atoms with Gasteiger partial charge in [0.2, 0.25) is 0 Å². The minimum Gasteiger partial charge on any atom is -0.464 e. The molecule has 1 N–H and O–H groups in total. The molecule has 0 radical (unpaired) electrons. The molecule has 0 atom stereocenters. The molecule has 0 amide bonds. The molecule has 3 heterocycles. The molecular weight excluding hydrogens is 268 g/mol. The zero-order valence-corrected chi connectivity index (χ0v) is 12.0. The summed E-state index contributed by atoms with van der Waals surface area (Å²) < 4.78 is 4.85. The number of pyridine rings is 1. The van der Waals surface area contributed by atoms with Crippen molar-refractivity contribution in [1.82, 2.24) is 20.3 Å². The lowest BCUT2D eigenvalue weighted by molar-refractivity contribution is 0.0592. The molecule has 0 fully saturated rings. The Morgan fingerprint density at radius 3 is 3.00 bits per heavy atom. The highest BCUT2D eigenvalue weighted by atomic mass is 16.5. The Morgan fingerprint density at radius 2 is 2.24 bits per heavy atom. The highest BCUT2D eigenvalue weighted by Crippen LogP contribution is 2.23. The molecule has 6 nitrogen and oxygen atoms in total. The number of aryl methyl sites for hydroxylation is 1. The van der Waals surface area contributed by atoms with E-state index in [-0.39, 0.29) is 0 Å². The van der Waals surface area contributed by atoms with Crippen LogP contribution in [0.15, 0.2) is 18.5 Å². The average molecular weight is 284 g/mol. The van der Waals surface area contributed by atoms with E-state index >= 15 is 0 Å². The van der Waals surface area contributed by atoms with Crippen molar-refractivity contribution in [3.8, 4) is 11.4 Å². The minimum atomic E-state index is -0.430. The molecule has 1 aliphatic heterocycles. The minimum absolute atomic E-state index is 0.341. The van der Waals surface area contributed by atoms with E-state index < -0.39 is 5.97 Å². The van der Waals surface area contributed by atoms with Crippen molar-refractivity contribution in [2.75, 3.05) is 13.7 Å². The van der Waals surface area contributed by atoms with E-state index in [9.17, 15) is 4.79 Å². The molecule has 0 unspecified atom stereocenters. The number of nitrogens with zero attached hydrogens (tertiary/aromatic N) is 3. The maximum atomic E-state index is 12.0. The van der Waals surface area contributed by atoms with Crippen molar-refractivity contribution in [3.05, 3.63) is 41.0 Å². The summed E-state index contributed by atoms with van der Waals surface area (Å²) in [5, 5.41) is 3.23. The zero-order chi connectivity index (χ0) is 14.8. The van der Waals surface area contributed by atoms with Crippen LogP contribution < -0.4 is 5.32 Å². The van der Waals surface area contributed by atoms with Gasteiger partial charge < -0.3 is 10.1 Å². The lowest BCUT2D eigenvalue weighted by Gasteiger charge is -2.19. The second kappa shape index (κ2) is 5.57. The Kier molecular flexibility index (Phi) is 3.62. The number of aromatic nitrogens is 3. The molecule has 0 saturated heterocycles. The number of methoxy groups -OCH3 is 1. The first kappa shape index (κ1) is 13.6. The molecular formula is C15H16N4O2. The van der Waals surface area contributed by atoms with Gasteiger partial charge in [0.25, 0.3) is 0 Å². The fourth-order valence-electron chi connectivity index (χ4n) is 2.43. The normalized spacial score (nSPS) is 13.6. The summed E-state index contributed by atoms with van der Waals surface area (Å²) in [6, 6.07) is 1.90. The Bertz CT molecular complexity index is 700. The molecule has 0 spiro atoms. The van der Waals surface area contributed by atoms with Crippen LogP contribution in [0.3, 0.4) is 0 Å². The van der Waals surface area contributed by atoms with Crippen LogP contribution in [0.4, 0.5) is 0 Å². The second-order valence-electron chi connectivity index (χ2n) is 4.93. The third-order valence-corrected chi connectivity index (χ3v) is 3.59. The monoisotopic (exact) mass is 284 g/mol. The van der Waals surface area contributed by atoms with E-state index in [0.29, 0.717) is 18.1 Å². The first-order valence-corrected chi connectivity index (χ1v) is 6.80. The lowest BCUT2D eigenvalue weighted by atomic mass is 10.0.